The molecule has 2 N–H and O–H groups in total. The van der Waals surface area contributed by atoms with Crippen molar-refractivity contribution >= 4 is 29.0 Å². The van der Waals surface area contributed by atoms with Gasteiger partial charge in [-0.2, -0.15) is 0 Å². The third kappa shape index (κ3) is 2.18. The number of hydrogen-bond donors (Lipinski definition) is 1. The van der Waals surface area contributed by atoms with E-state index in [0.717, 1.165) is 12.1 Å². The quantitative estimate of drug-likeness (QED) is 0.856. The first-order valence-electron chi connectivity index (χ1n) is 4.56. The summed E-state index contributed by atoms with van der Waals surface area (Å²) in [7, 11) is 0. The van der Waals surface area contributed by atoms with Gasteiger partial charge in [-0.05, 0) is 18.2 Å². The first kappa shape index (κ1) is 12.1. The minimum absolute atomic E-state index is 0.0336. The SMILES string of the molecule is Nc1nc(-c2c(F)cccc2F)c(Cl)cc1Cl. The summed E-state index contributed by atoms with van der Waals surface area (Å²) in [4.78, 5) is 3.80. The second-order valence-corrected chi connectivity index (χ2v) is 4.10. The number of nitrogens with two attached hydrogens (primary N) is 1. The van der Waals surface area contributed by atoms with Crippen LogP contribution < -0.4 is 5.73 Å². The van der Waals surface area contributed by atoms with E-state index in [1.54, 1.807) is 0 Å². The highest BCUT2D eigenvalue weighted by Gasteiger charge is 2.17. The summed E-state index contributed by atoms with van der Waals surface area (Å²) >= 11 is 11.5. The number of nitrogens with zero attached hydrogens (tertiary/aromatic N) is 1. The summed E-state index contributed by atoms with van der Waals surface area (Å²) in [5.74, 6) is -1.56. The fraction of sp³-hybridized carbons (Fsp3) is 0. The van der Waals surface area contributed by atoms with Crippen molar-refractivity contribution in [3.05, 3.63) is 45.9 Å². The zero-order chi connectivity index (χ0) is 12.6. The maximum Gasteiger partial charge on any atom is 0.143 e. The normalized spacial score (nSPS) is 10.6. The number of rotatable bonds is 1. The number of hydrogen-bond acceptors (Lipinski definition) is 2. The lowest BCUT2D eigenvalue weighted by atomic mass is 10.1. The van der Waals surface area contributed by atoms with Crippen LogP contribution in [0.1, 0.15) is 0 Å². The van der Waals surface area contributed by atoms with Crippen molar-refractivity contribution in [1.82, 2.24) is 4.98 Å². The summed E-state index contributed by atoms with van der Waals surface area (Å²) in [6, 6.07) is 4.77. The summed E-state index contributed by atoms with van der Waals surface area (Å²) < 4.78 is 27.1. The molecule has 0 atom stereocenters. The third-order valence-corrected chi connectivity index (χ3v) is 2.75. The highest BCUT2D eigenvalue weighted by atomic mass is 35.5. The largest absolute Gasteiger partial charge is 0.382 e. The first-order chi connectivity index (χ1) is 8.00. The molecule has 1 heterocycles. The number of halogens is 4. The molecule has 2 nitrogen and oxygen atoms in total. The van der Waals surface area contributed by atoms with Crippen LogP contribution in [-0.4, -0.2) is 4.98 Å². The molecular weight excluding hydrogens is 269 g/mol. The molecule has 2 rings (SSSR count). The predicted octanol–water partition coefficient (Wildman–Crippen LogP) is 3.92. The van der Waals surface area contributed by atoms with Gasteiger partial charge in [-0.3, -0.25) is 0 Å². The Morgan fingerprint density at radius 2 is 1.65 bits per heavy atom. The van der Waals surface area contributed by atoms with Crippen LogP contribution in [0.3, 0.4) is 0 Å². The zero-order valence-corrected chi connectivity index (χ0v) is 9.86. The zero-order valence-electron chi connectivity index (χ0n) is 8.35. The lowest BCUT2D eigenvalue weighted by Crippen LogP contribution is -1.98. The molecule has 0 amide bonds. The Morgan fingerprint density at radius 1 is 1.06 bits per heavy atom. The average Bonchev–Trinajstić information content (AvgIpc) is 2.25. The molecule has 0 saturated heterocycles. The molecule has 0 unspecified atom stereocenters. The fourth-order valence-corrected chi connectivity index (χ4v) is 1.83. The number of benzene rings is 1. The van der Waals surface area contributed by atoms with E-state index in [9.17, 15) is 8.78 Å². The second kappa shape index (κ2) is 4.47. The van der Waals surface area contributed by atoms with Crippen LogP contribution in [0.4, 0.5) is 14.6 Å². The minimum Gasteiger partial charge on any atom is -0.382 e. The highest BCUT2D eigenvalue weighted by molar-refractivity contribution is 6.37. The van der Waals surface area contributed by atoms with Crippen LogP contribution in [0.2, 0.25) is 10.0 Å². The molecular formula is C11H6Cl2F2N2. The molecule has 0 aliphatic rings. The van der Waals surface area contributed by atoms with Gasteiger partial charge in [-0.15, -0.1) is 0 Å². The molecule has 0 spiro atoms. The summed E-state index contributed by atoms with van der Waals surface area (Å²) in [5.41, 5.74) is 5.10. The van der Waals surface area contributed by atoms with E-state index in [0.29, 0.717) is 0 Å². The summed E-state index contributed by atoms with van der Waals surface area (Å²) in [6.45, 7) is 0. The monoisotopic (exact) mass is 274 g/mol. The van der Waals surface area contributed by atoms with Gasteiger partial charge in [0.15, 0.2) is 0 Å². The van der Waals surface area contributed by atoms with Gasteiger partial charge < -0.3 is 5.73 Å². The molecule has 88 valence electrons. The fourth-order valence-electron chi connectivity index (χ4n) is 1.38. The van der Waals surface area contributed by atoms with Crippen molar-refractivity contribution in [2.45, 2.75) is 0 Å². The molecule has 0 saturated carbocycles. The smallest absolute Gasteiger partial charge is 0.143 e. The van der Waals surface area contributed by atoms with Gasteiger partial charge in [-0.25, -0.2) is 13.8 Å². The van der Waals surface area contributed by atoms with Crippen LogP contribution in [0.15, 0.2) is 24.3 Å². The molecule has 0 aliphatic heterocycles. The summed E-state index contributed by atoms with van der Waals surface area (Å²) in [5, 5.41) is 0.170. The van der Waals surface area contributed by atoms with Gasteiger partial charge in [0, 0.05) is 0 Å². The molecule has 17 heavy (non-hydrogen) atoms. The maximum absolute atomic E-state index is 13.5. The summed E-state index contributed by atoms with van der Waals surface area (Å²) in [6.07, 6.45) is 0. The lowest BCUT2D eigenvalue weighted by molar-refractivity contribution is 0.589. The number of nitrogen functional groups attached to an aromatic ring is 1. The molecule has 6 heteroatoms. The van der Waals surface area contributed by atoms with Crippen LogP contribution >= 0.6 is 23.2 Å². The Bertz CT molecular complexity index is 568. The Balaban J connectivity index is 2.73. The van der Waals surface area contributed by atoms with E-state index in [1.807, 2.05) is 0 Å². The first-order valence-corrected chi connectivity index (χ1v) is 5.32. The van der Waals surface area contributed by atoms with Crippen molar-refractivity contribution in [1.29, 1.82) is 0 Å². The number of anilines is 1. The molecule has 0 fully saturated rings. The highest BCUT2D eigenvalue weighted by Crippen LogP contribution is 2.33. The number of pyridine rings is 1. The van der Waals surface area contributed by atoms with E-state index < -0.39 is 11.6 Å². The third-order valence-electron chi connectivity index (χ3n) is 2.16. The van der Waals surface area contributed by atoms with E-state index in [-0.39, 0.29) is 27.1 Å². The molecule has 2 aromatic rings. The Hall–Kier alpha value is -1.39. The second-order valence-electron chi connectivity index (χ2n) is 3.28. The standard InChI is InChI=1S/C11H6Cl2F2N2/c12-5-4-6(13)11(16)17-10(5)9-7(14)2-1-3-8(9)15/h1-4H,(H2,16,17). The van der Waals surface area contributed by atoms with E-state index in [1.165, 1.54) is 12.1 Å². The Labute approximate surface area is 106 Å². The lowest BCUT2D eigenvalue weighted by Gasteiger charge is -2.08. The van der Waals surface area contributed by atoms with Crippen molar-refractivity contribution in [2.75, 3.05) is 5.73 Å². The molecule has 0 radical (unpaired) electrons. The topological polar surface area (TPSA) is 38.9 Å². The van der Waals surface area contributed by atoms with Gasteiger partial charge in [0.2, 0.25) is 0 Å². The maximum atomic E-state index is 13.5. The van der Waals surface area contributed by atoms with Gasteiger partial charge in [-0.1, -0.05) is 29.3 Å². The van der Waals surface area contributed by atoms with Crippen LogP contribution in [0, 0.1) is 11.6 Å². The van der Waals surface area contributed by atoms with Crippen LogP contribution in [0.5, 0.6) is 0 Å². The van der Waals surface area contributed by atoms with E-state index >= 15 is 0 Å². The van der Waals surface area contributed by atoms with Crippen LogP contribution in [0.25, 0.3) is 11.3 Å². The van der Waals surface area contributed by atoms with Crippen molar-refractivity contribution in [2.24, 2.45) is 0 Å². The molecule has 0 bridgehead atoms. The Morgan fingerprint density at radius 3 is 2.24 bits per heavy atom. The average molecular weight is 275 g/mol. The van der Waals surface area contributed by atoms with Gasteiger partial charge in [0.05, 0.1) is 21.3 Å². The number of aromatic nitrogens is 1. The van der Waals surface area contributed by atoms with Crippen molar-refractivity contribution in [3.63, 3.8) is 0 Å². The van der Waals surface area contributed by atoms with Gasteiger partial charge in [0.25, 0.3) is 0 Å². The van der Waals surface area contributed by atoms with E-state index in [4.69, 9.17) is 28.9 Å². The molecule has 1 aromatic heterocycles. The van der Waals surface area contributed by atoms with Gasteiger partial charge >= 0.3 is 0 Å². The minimum atomic E-state index is -0.763. The Kier molecular flexibility index (Phi) is 3.17. The van der Waals surface area contributed by atoms with Crippen LogP contribution in [-0.2, 0) is 0 Å². The van der Waals surface area contributed by atoms with Crippen molar-refractivity contribution < 1.29 is 8.78 Å². The molecule has 0 aliphatic carbocycles. The predicted molar refractivity (Wildman–Crippen MR) is 64.0 cm³/mol. The molecule has 1 aromatic carbocycles. The van der Waals surface area contributed by atoms with E-state index in [2.05, 4.69) is 4.98 Å². The van der Waals surface area contributed by atoms with Gasteiger partial charge in [0.1, 0.15) is 17.5 Å². The van der Waals surface area contributed by atoms with Crippen molar-refractivity contribution in [3.8, 4) is 11.3 Å².